The highest BCUT2D eigenvalue weighted by molar-refractivity contribution is 7.19. The molecule has 0 aliphatic rings. The van der Waals surface area contributed by atoms with Gasteiger partial charge in [-0.3, -0.25) is 4.98 Å². The molecule has 0 aliphatic heterocycles. The third kappa shape index (κ3) is 3.65. The maximum absolute atomic E-state index is 13.5. The summed E-state index contributed by atoms with van der Waals surface area (Å²) in [6, 6.07) is 16.4. The van der Waals surface area contributed by atoms with Gasteiger partial charge in [0.05, 0.1) is 10.6 Å². The number of nitrogens with zero attached hydrogens (tertiary/aromatic N) is 5. The van der Waals surface area contributed by atoms with Crippen LogP contribution in [0, 0.1) is 12.7 Å². The van der Waals surface area contributed by atoms with Crippen LogP contribution >= 0.6 is 11.3 Å². The van der Waals surface area contributed by atoms with Gasteiger partial charge in [0.15, 0.2) is 10.8 Å². The normalized spacial score (nSPS) is 11.1. The number of hydrogen-bond donors (Lipinski definition) is 1. The van der Waals surface area contributed by atoms with Crippen LogP contribution in [0.2, 0.25) is 0 Å². The van der Waals surface area contributed by atoms with Crippen molar-refractivity contribution in [2.24, 2.45) is 0 Å². The average Bonchev–Trinajstić information content (AvgIpc) is 3.39. The third-order valence-corrected chi connectivity index (χ3v) is 5.69. The second-order valence-electron chi connectivity index (χ2n) is 6.83. The van der Waals surface area contributed by atoms with E-state index in [9.17, 15) is 4.39 Å². The van der Waals surface area contributed by atoms with E-state index in [1.54, 1.807) is 10.6 Å². The Labute approximate surface area is 176 Å². The number of anilines is 1. The lowest BCUT2D eigenvalue weighted by Crippen LogP contribution is -1.99. The molecule has 1 aromatic carbocycles. The molecular formula is C22H17FN6S. The topological polar surface area (TPSA) is 68.0 Å². The first-order valence-corrected chi connectivity index (χ1v) is 10.2. The van der Waals surface area contributed by atoms with Crippen molar-refractivity contribution in [2.75, 3.05) is 5.32 Å². The van der Waals surface area contributed by atoms with Gasteiger partial charge < -0.3 is 5.32 Å². The molecule has 30 heavy (non-hydrogen) atoms. The van der Waals surface area contributed by atoms with Crippen LogP contribution < -0.4 is 5.32 Å². The Hall–Kier alpha value is -3.65. The lowest BCUT2D eigenvalue weighted by atomic mass is 10.1. The number of pyridine rings is 2. The Kier molecular flexibility index (Phi) is 4.68. The van der Waals surface area contributed by atoms with Crippen LogP contribution in [-0.2, 0) is 6.54 Å². The number of halogens is 1. The van der Waals surface area contributed by atoms with Crippen molar-refractivity contribution in [1.29, 1.82) is 0 Å². The molecular weight excluding hydrogens is 399 g/mol. The molecule has 8 heteroatoms. The lowest BCUT2D eigenvalue weighted by molar-refractivity contribution is 0.626. The maximum Gasteiger partial charge on any atom is 0.184 e. The fraction of sp³-hybridized carbons (Fsp3) is 0.0909. The highest BCUT2D eigenvalue weighted by Gasteiger charge is 2.17. The van der Waals surface area contributed by atoms with Gasteiger partial charge in [0.1, 0.15) is 17.8 Å². The van der Waals surface area contributed by atoms with E-state index in [1.807, 2.05) is 49.5 Å². The minimum absolute atomic E-state index is 0.250. The number of hydrogen-bond acceptors (Lipinski definition) is 6. The van der Waals surface area contributed by atoms with Crippen LogP contribution in [-0.4, -0.2) is 24.6 Å². The summed E-state index contributed by atoms with van der Waals surface area (Å²) < 4.78 is 15.2. The number of thiazole rings is 1. The van der Waals surface area contributed by atoms with Gasteiger partial charge >= 0.3 is 0 Å². The van der Waals surface area contributed by atoms with Gasteiger partial charge in [-0.15, -0.1) is 0 Å². The Balaban J connectivity index is 1.55. The molecule has 0 saturated carbocycles. The summed E-state index contributed by atoms with van der Waals surface area (Å²) in [4.78, 5) is 14.7. The summed E-state index contributed by atoms with van der Waals surface area (Å²) in [5, 5.41) is 8.29. The molecule has 0 unspecified atom stereocenters. The second-order valence-corrected chi connectivity index (χ2v) is 7.82. The molecule has 5 aromatic rings. The molecule has 0 atom stereocenters. The van der Waals surface area contributed by atoms with Crippen LogP contribution in [0.4, 0.5) is 9.52 Å². The van der Waals surface area contributed by atoms with Gasteiger partial charge in [-0.1, -0.05) is 29.5 Å². The quantitative estimate of drug-likeness (QED) is 0.438. The van der Waals surface area contributed by atoms with E-state index in [2.05, 4.69) is 20.4 Å². The standard InChI is InChI=1S/C22H17FN6S/c1-14-4-2-7-18(27-14)20-21(16-8-9-19-25-13-26-29(19)12-16)30-22(28-20)24-11-15-5-3-6-17(23)10-15/h2-10,12-13H,11H2,1H3,(H,24,28). The van der Waals surface area contributed by atoms with Crippen molar-refractivity contribution in [3.8, 4) is 21.8 Å². The summed E-state index contributed by atoms with van der Waals surface area (Å²) in [7, 11) is 0. The molecule has 5 rings (SSSR count). The van der Waals surface area contributed by atoms with E-state index >= 15 is 0 Å². The zero-order valence-electron chi connectivity index (χ0n) is 16.1. The predicted octanol–water partition coefficient (Wildman–Crippen LogP) is 4.97. The van der Waals surface area contributed by atoms with E-state index in [4.69, 9.17) is 4.98 Å². The van der Waals surface area contributed by atoms with Gasteiger partial charge in [0, 0.05) is 24.0 Å². The van der Waals surface area contributed by atoms with Crippen LogP contribution in [0.1, 0.15) is 11.3 Å². The minimum atomic E-state index is -0.250. The van der Waals surface area contributed by atoms with E-state index in [1.165, 1.54) is 29.8 Å². The SMILES string of the molecule is Cc1cccc(-c2nc(NCc3cccc(F)c3)sc2-c2ccc3ncnn3c2)n1. The highest BCUT2D eigenvalue weighted by atomic mass is 32.1. The van der Waals surface area contributed by atoms with E-state index in [-0.39, 0.29) is 5.82 Å². The first-order chi connectivity index (χ1) is 14.7. The molecule has 148 valence electrons. The molecule has 0 aliphatic carbocycles. The number of nitrogens with one attached hydrogen (secondary N) is 1. The molecule has 1 N–H and O–H groups in total. The molecule has 0 spiro atoms. The fourth-order valence-corrected chi connectivity index (χ4v) is 4.18. The van der Waals surface area contributed by atoms with Crippen LogP contribution in [0.3, 0.4) is 0 Å². The zero-order valence-corrected chi connectivity index (χ0v) is 16.9. The number of aryl methyl sites for hydroxylation is 1. The molecule has 0 fully saturated rings. The minimum Gasteiger partial charge on any atom is -0.357 e. The first-order valence-electron chi connectivity index (χ1n) is 9.39. The molecule has 0 bridgehead atoms. The highest BCUT2D eigenvalue weighted by Crippen LogP contribution is 2.38. The average molecular weight is 416 g/mol. The molecule has 0 amide bonds. The van der Waals surface area contributed by atoms with E-state index < -0.39 is 0 Å². The molecule has 4 heterocycles. The Bertz CT molecular complexity index is 1340. The van der Waals surface area contributed by atoms with Gasteiger partial charge in [-0.05, 0) is 48.9 Å². The first kappa shape index (κ1) is 18.4. The van der Waals surface area contributed by atoms with Crippen molar-refractivity contribution in [2.45, 2.75) is 13.5 Å². The maximum atomic E-state index is 13.5. The monoisotopic (exact) mass is 416 g/mol. The largest absolute Gasteiger partial charge is 0.357 e. The van der Waals surface area contributed by atoms with Crippen LogP contribution in [0.15, 0.2) is 67.1 Å². The molecule has 0 saturated heterocycles. The van der Waals surface area contributed by atoms with Gasteiger partial charge in [0.2, 0.25) is 0 Å². The zero-order chi connectivity index (χ0) is 20.5. The van der Waals surface area contributed by atoms with Crippen molar-refractivity contribution in [3.05, 3.63) is 84.2 Å². The molecule has 6 nitrogen and oxygen atoms in total. The van der Waals surface area contributed by atoms with Crippen LogP contribution in [0.25, 0.3) is 27.5 Å². The second kappa shape index (κ2) is 7.64. The van der Waals surface area contributed by atoms with Crippen molar-refractivity contribution >= 4 is 22.1 Å². The third-order valence-electron chi connectivity index (χ3n) is 4.63. The lowest BCUT2D eigenvalue weighted by Gasteiger charge is -2.03. The predicted molar refractivity (Wildman–Crippen MR) is 116 cm³/mol. The summed E-state index contributed by atoms with van der Waals surface area (Å²) in [5.74, 6) is -0.250. The van der Waals surface area contributed by atoms with E-state index in [0.29, 0.717) is 6.54 Å². The Morgan fingerprint density at radius 3 is 2.83 bits per heavy atom. The summed E-state index contributed by atoms with van der Waals surface area (Å²) in [6.07, 6.45) is 3.46. The Morgan fingerprint density at radius 1 is 1.07 bits per heavy atom. The van der Waals surface area contributed by atoms with Crippen LogP contribution in [0.5, 0.6) is 0 Å². The molecule has 4 aromatic heterocycles. The molecule has 0 radical (unpaired) electrons. The number of benzene rings is 1. The van der Waals surface area contributed by atoms with E-state index in [0.717, 1.165) is 43.9 Å². The fourth-order valence-electron chi connectivity index (χ4n) is 3.22. The number of aromatic nitrogens is 5. The summed E-state index contributed by atoms with van der Waals surface area (Å²) in [5.41, 5.74) is 5.13. The smallest absolute Gasteiger partial charge is 0.184 e. The van der Waals surface area contributed by atoms with Gasteiger partial charge in [0.25, 0.3) is 0 Å². The van der Waals surface area contributed by atoms with Gasteiger partial charge in [-0.25, -0.2) is 18.9 Å². The summed E-state index contributed by atoms with van der Waals surface area (Å²) in [6.45, 7) is 2.44. The Morgan fingerprint density at radius 2 is 1.97 bits per heavy atom. The van der Waals surface area contributed by atoms with Crippen molar-refractivity contribution in [1.82, 2.24) is 24.6 Å². The van der Waals surface area contributed by atoms with Crippen molar-refractivity contribution in [3.63, 3.8) is 0 Å². The number of rotatable bonds is 5. The van der Waals surface area contributed by atoms with Gasteiger partial charge in [-0.2, -0.15) is 5.10 Å². The van der Waals surface area contributed by atoms with Crippen molar-refractivity contribution < 1.29 is 4.39 Å². The number of fused-ring (bicyclic) bond motifs is 1. The summed E-state index contributed by atoms with van der Waals surface area (Å²) >= 11 is 1.53.